The topological polar surface area (TPSA) is 182 Å². The van der Waals surface area contributed by atoms with Crippen molar-refractivity contribution in [1.82, 2.24) is 10.0 Å². The number of hydrogen-bond acceptors (Lipinski definition) is 7. The lowest BCUT2D eigenvalue weighted by Gasteiger charge is -2.12. The Labute approximate surface area is 198 Å². The molecule has 0 saturated heterocycles. The Kier molecular flexibility index (Phi) is 11.8. The van der Waals surface area contributed by atoms with Crippen LogP contribution in [0.25, 0.3) is 0 Å². The summed E-state index contributed by atoms with van der Waals surface area (Å²) in [5, 5.41) is 20.7. The first-order valence-corrected chi connectivity index (χ1v) is 11.9. The lowest BCUT2D eigenvalue weighted by Crippen LogP contribution is -2.40. The molecular formula is C22H30N4O7S. The number of nitrogens with one attached hydrogen (secondary N) is 2. The summed E-state index contributed by atoms with van der Waals surface area (Å²) in [7, 11) is -3.54. The maximum absolute atomic E-state index is 12.2. The SMILES string of the molecule is CC(=O)O.Cc1ccc(S(=O)(=O)NCCCC[C@H](N)C(=O)NCc2ccc([N+](=O)[O-])cc2)cc1. The molecule has 0 aromatic heterocycles. The molecule has 2 rings (SSSR count). The second-order valence-corrected chi connectivity index (χ2v) is 9.24. The monoisotopic (exact) mass is 494 g/mol. The molecule has 0 aliphatic carbocycles. The standard InChI is InChI=1S/C20H26N4O5S.C2H4O2/c1-15-5-11-18(12-6-15)30(28,29)23-13-3-2-4-19(21)20(25)22-14-16-7-9-17(10-8-16)24(26)27;1-2(3)4/h5-12,19,23H,2-4,13-14,21H2,1H3,(H,22,25);1H3,(H,3,4)/t19-;/m0./s1. The summed E-state index contributed by atoms with van der Waals surface area (Å²) in [5.41, 5.74) is 7.57. The van der Waals surface area contributed by atoms with Gasteiger partial charge in [-0.1, -0.05) is 36.2 Å². The molecule has 0 radical (unpaired) electrons. The number of benzene rings is 2. The van der Waals surface area contributed by atoms with E-state index in [1.54, 1.807) is 36.4 Å². The molecule has 2 aromatic rings. The van der Waals surface area contributed by atoms with Crippen LogP contribution in [0.3, 0.4) is 0 Å². The van der Waals surface area contributed by atoms with Gasteiger partial charge >= 0.3 is 0 Å². The molecule has 0 unspecified atom stereocenters. The van der Waals surface area contributed by atoms with Crippen molar-refractivity contribution in [2.75, 3.05) is 6.54 Å². The number of aryl methyl sites for hydroxylation is 1. The molecule has 0 aliphatic heterocycles. The van der Waals surface area contributed by atoms with Crippen molar-refractivity contribution in [3.63, 3.8) is 0 Å². The summed E-state index contributed by atoms with van der Waals surface area (Å²) in [6.45, 7) is 3.45. The van der Waals surface area contributed by atoms with E-state index in [-0.39, 0.29) is 29.6 Å². The van der Waals surface area contributed by atoms with Gasteiger partial charge in [-0.15, -0.1) is 0 Å². The van der Waals surface area contributed by atoms with Crippen LogP contribution in [0.15, 0.2) is 53.4 Å². The predicted octanol–water partition coefficient (Wildman–Crippen LogP) is 2.09. The van der Waals surface area contributed by atoms with Crippen molar-refractivity contribution < 1.29 is 28.0 Å². The van der Waals surface area contributed by atoms with Gasteiger partial charge in [0, 0.05) is 32.1 Å². The number of carbonyl (C=O) groups is 2. The summed E-state index contributed by atoms with van der Waals surface area (Å²) in [6.07, 6.45) is 1.55. The largest absolute Gasteiger partial charge is 0.481 e. The Morgan fingerprint density at radius 3 is 2.18 bits per heavy atom. The first kappa shape index (κ1) is 28.7. The Balaban J connectivity index is 0.00000133. The molecule has 0 bridgehead atoms. The van der Waals surface area contributed by atoms with Gasteiger partial charge in [0.15, 0.2) is 0 Å². The van der Waals surface area contributed by atoms with E-state index in [1.165, 1.54) is 12.1 Å². The number of aliphatic carboxylic acids is 1. The Morgan fingerprint density at radius 2 is 1.65 bits per heavy atom. The fourth-order valence-corrected chi connectivity index (χ4v) is 3.76. The number of non-ortho nitro benzene ring substituents is 1. The quantitative estimate of drug-likeness (QED) is 0.208. The smallest absolute Gasteiger partial charge is 0.300 e. The first-order valence-electron chi connectivity index (χ1n) is 10.4. The number of rotatable bonds is 11. The van der Waals surface area contributed by atoms with Crippen LogP contribution in [-0.2, 0) is 26.2 Å². The highest BCUT2D eigenvalue weighted by Crippen LogP contribution is 2.12. The number of nitro groups is 1. The van der Waals surface area contributed by atoms with Crippen molar-refractivity contribution >= 4 is 27.6 Å². The molecule has 11 nitrogen and oxygen atoms in total. The van der Waals surface area contributed by atoms with E-state index in [4.69, 9.17) is 15.6 Å². The van der Waals surface area contributed by atoms with Crippen LogP contribution in [-0.4, -0.2) is 42.9 Å². The van der Waals surface area contributed by atoms with Gasteiger partial charge in [0.25, 0.3) is 11.7 Å². The summed E-state index contributed by atoms with van der Waals surface area (Å²) in [5.74, 6) is -1.16. The summed E-state index contributed by atoms with van der Waals surface area (Å²) >= 11 is 0. The molecule has 34 heavy (non-hydrogen) atoms. The highest BCUT2D eigenvalue weighted by Gasteiger charge is 2.15. The summed E-state index contributed by atoms with van der Waals surface area (Å²) in [4.78, 5) is 31.4. The Bertz CT molecular complexity index is 1050. The second-order valence-electron chi connectivity index (χ2n) is 7.47. The molecule has 0 fully saturated rings. The maximum atomic E-state index is 12.2. The van der Waals surface area contributed by atoms with Gasteiger partial charge in [-0.2, -0.15) is 0 Å². The average Bonchev–Trinajstić information content (AvgIpc) is 2.77. The van der Waals surface area contributed by atoms with Crippen molar-refractivity contribution in [2.24, 2.45) is 5.73 Å². The fraction of sp³-hybridized carbons (Fsp3) is 0.364. The Morgan fingerprint density at radius 1 is 1.09 bits per heavy atom. The molecule has 12 heteroatoms. The number of carbonyl (C=O) groups excluding carboxylic acids is 1. The highest BCUT2D eigenvalue weighted by atomic mass is 32.2. The van der Waals surface area contributed by atoms with Gasteiger partial charge < -0.3 is 16.2 Å². The molecule has 2 aromatic carbocycles. The molecule has 1 amide bonds. The van der Waals surface area contributed by atoms with Gasteiger partial charge in [0.2, 0.25) is 15.9 Å². The minimum atomic E-state index is -3.54. The van der Waals surface area contributed by atoms with Crippen LogP contribution in [0.2, 0.25) is 0 Å². The van der Waals surface area contributed by atoms with Crippen LogP contribution >= 0.6 is 0 Å². The zero-order chi connectivity index (χ0) is 25.7. The van der Waals surface area contributed by atoms with Crippen molar-refractivity contribution in [3.05, 3.63) is 69.8 Å². The number of nitro benzene ring substituents is 1. The normalized spacial score (nSPS) is 11.6. The van der Waals surface area contributed by atoms with E-state index in [2.05, 4.69) is 10.0 Å². The summed E-state index contributed by atoms with van der Waals surface area (Å²) in [6, 6.07) is 11.8. The van der Waals surface area contributed by atoms with Crippen LogP contribution in [0.1, 0.15) is 37.3 Å². The van der Waals surface area contributed by atoms with Crippen LogP contribution in [0.5, 0.6) is 0 Å². The number of sulfonamides is 1. The molecule has 0 spiro atoms. The lowest BCUT2D eigenvalue weighted by atomic mass is 10.1. The molecule has 1 atom stereocenters. The number of carboxylic acids is 1. The zero-order valence-corrected chi connectivity index (χ0v) is 19.9. The number of nitrogens with two attached hydrogens (primary N) is 1. The number of nitrogens with zero attached hydrogens (tertiary/aromatic N) is 1. The van der Waals surface area contributed by atoms with Crippen LogP contribution in [0, 0.1) is 17.0 Å². The van der Waals surface area contributed by atoms with Gasteiger partial charge in [0.05, 0.1) is 15.9 Å². The molecule has 0 heterocycles. The van der Waals surface area contributed by atoms with E-state index in [0.29, 0.717) is 19.3 Å². The molecule has 0 aliphatic rings. The van der Waals surface area contributed by atoms with E-state index in [9.17, 15) is 23.3 Å². The third-order valence-electron chi connectivity index (χ3n) is 4.52. The Hall–Kier alpha value is -3.35. The van der Waals surface area contributed by atoms with Gasteiger partial charge in [-0.25, -0.2) is 13.1 Å². The lowest BCUT2D eigenvalue weighted by molar-refractivity contribution is -0.384. The van der Waals surface area contributed by atoms with Crippen LogP contribution in [0.4, 0.5) is 5.69 Å². The van der Waals surface area contributed by atoms with Gasteiger partial charge in [0.1, 0.15) is 0 Å². The van der Waals surface area contributed by atoms with Gasteiger partial charge in [-0.05, 0) is 37.5 Å². The van der Waals surface area contributed by atoms with E-state index in [0.717, 1.165) is 18.1 Å². The van der Waals surface area contributed by atoms with Crippen molar-refractivity contribution in [3.8, 4) is 0 Å². The number of unbranched alkanes of at least 4 members (excludes halogenated alkanes) is 1. The average molecular weight is 495 g/mol. The molecule has 186 valence electrons. The van der Waals surface area contributed by atoms with Crippen molar-refractivity contribution in [2.45, 2.75) is 50.6 Å². The number of amides is 1. The first-order chi connectivity index (χ1) is 15.9. The minimum absolute atomic E-state index is 0.0141. The van der Waals surface area contributed by atoms with Gasteiger partial charge in [-0.3, -0.25) is 19.7 Å². The van der Waals surface area contributed by atoms with E-state index < -0.39 is 27.0 Å². The second kappa shape index (κ2) is 14.0. The molecular weight excluding hydrogens is 464 g/mol. The number of carboxylic acid groups (broad SMARTS) is 1. The summed E-state index contributed by atoms with van der Waals surface area (Å²) < 4.78 is 26.9. The van der Waals surface area contributed by atoms with E-state index in [1.807, 2.05) is 6.92 Å². The van der Waals surface area contributed by atoms with Crippen molar-refractivity contribution in [1.29, 1.82) is 0 Å². The number of hydrogen-bond donors (Lipinski definition) is 4. The highest BCUT2D eigenvalue weighted by molar-refractivity contribution is 7.89. The predicted molar refractivity (Wildman–Crippen MR) is 126 cm³/mol. The molecule has 5 N–H and O–H groups in total. The molecule has 0 saturated carbocycles. The third-order valence-corrected chi connectivity index (χ3v) is 5.99. The zero-order valence-electron chi connectivity index (χ0n) is 19.1. The van der Waals surface area contributed by atoms with E-state index >= 15 is 0 Å². The minimum Gasteiger partial charge on any atom is -0.481 e. The third kappa shape index (κ3) is 11.0. The maximum Gasteiger partial charge on any atom is 0.300 e. The van der Waals surface area contributed by atoms with Crippen LogP contribution < -0.4 is 15.8 Å². The fourth-order valence-electron chi connectivity index (χ4n) is 2.68.